The number of ether oxygens (including phenoxy) is 2. The number of fused-ring (bicyclic) bond motifs is 2. The zero-order valence-electron chi connectivity index (χ0n) is 21.0. The first-order valence-electron chi connectivity index (χ1n) is 12.5. The van der Waals surface area contributed by atoms with Crippen molar-refractivity contribution in [2.75, 3.05) is 12.4 Å². The van der Waals surface area contributed by atoms with Crippen molar-refractivity contribution in [1.29, 1.82) is 0 Å². The number of allylic oxidation sites excluding steroid dienone is 2. The number of carbonyl (C=O) groups excluding carboxylic acids is 1. The molecule has 1 atom stereocenters. The number of nitrogens with zero attached hydrogens (tertiary/aromatic N) is 4. The average Bonchev–Trinajstić information content (AvgIpc) is 3.64. The van der Waals surface area contributed by atoms with Crippen LogP contribution < -0.4 is 14.8 Å². The van der Waals surface area contributed by atoms with Crippen molar-refractivity contribution in [2.24, 2.45) is 10.9 Å². The largest absolute Gasteiger partial charge is 0.493 e. The second kappa shape index (κ2) is 10.6. The SMILES string of the molecule is COc1cc(C2=CC3=Nc4ccc(CCn5cccn5)cc4NC(=O)C3CC2)ccc1OCc1cscn1. The van der Waals surface area contributed by atoms with Crippen LogP contribution in [0.4, 0.5) is 11.4 Å². The van der Waals surface area contributed by atoms with Gasteiger partial charge in [-0.25, -0.2) is 4.98 Å². The van der Waals surface area contributed by atoms with E-state index in [0.29, 0.717) is 24.5 Å². The quantitative estimate of drug-likeness (QED) is 0.319. The molecule has 8 nitrogen and oxygen atoms in total. The van der Waals surface area contributed by atoms with Crippen LogP contribution >= 0.6 is 11.3 Å². The Morgan fingerprint density at radius 1 is 1.18 bits per heavy atom. The maximum absolute atomic E-state index is 13.1. The minimum absolute atomic E-state index is 0.00889. The van der Waals surface area contributed by atoms with Gasteiger partial charge in [0.15, 0.2) is 11.5 Å². The number of aryl methyl sites for hydroxylation is 2. The molecule has 0 fully saturated rings. The third-order valence-corrected chi connectivity index (χ3v) is 7.48. The fraction of sp³-hybridized carbons (Fsp3) is 0.241. The lowest BCUT2D eigenvalue weighted by atomic mass is 9.84. The topological polar surface area (TPSA) is 90.6 Å². The Kier molecular flexibility index (Phi) is 6.75. The predicted octanol–water partition coefficient (Wildman–Crippen LogP) is 5.69. The van der Waals surface area contributed by atoms with E-state index >= 15 is 0 Å². The first-order valence-corrected chi connectivity index (χ1v) is 13.5. The molecule has 1 amide bonds. The molecule has 0 radical (unpaired) electrons. The number of anilines is 1. The van der Waals surface area contributed by atoms with Gasteiger partial charge in [-0.15, -0.1) is 11.3 Å². The van der Waals surface area contributed by atoms with E-state index in [1.165, 1.54) is 0 Å². The Bertz CT molecular complexity index is 1510. The van der Waals surface area contributed by atoms with E-state index < -0.39 is 0 Å². The van der Waals surface area contributed by atoms with Crippen LogP contribution in [0.3, 0.4) is 0 Å². The molecule has 9 heteroatoms. The summed E-state index contributed by atoms with van der Waals surface area (Å²) in [7, 11) is 1.64. The first-order chi connectivity index (χ1) is 18.7. The number of rotatable bonds is 8. The Labute approximate surface area is 224 Å². The van der Waals surface area contributed by atoms with Crippen molar-refractivity contribution in [1.82, 2.24) is 14.8 Å². The van der Waals surface area contributed by atoms with Gasteiger partial charge in [0.2, 0.25) is 5.91 Å². The van der Waals surface area contributed by atoms with Crippen molar-refractivity contribution in [3.63, 3.8) is 0 Å². The van der Waals surface area contributed by atoms with Crippen molar-refractivity contribution >= 4 is 39.9 Å². The Morgan fingerprint density at radius 2 is 2.13 bits per heavy atom. The fourth-order valence-corrected chi connectivity index (χ4v) is 5.36. The van der Waals surface area contributed by atoms with E-state index in [2.05, 4.69) is 27.5 Å². The lowest BCUT2D eigenvalue weighted by molar-refractivity contribution is -0.118. The zero-order chi connectivity index (χ0) is 25.9. The van der Waals surface area contributed by atoms with Gasteiger partial charge in [0.1, 0.15) is 6.61 Å². The van der Waals surface area contributed by atoms with Crippen LogP contribution in [0.1, 0.15) is 29.7 Å². The summed E-state index contributed by atoms with van der Waals surface area (Å²) in [6.07, 6.45) is 8.06. The summed E-state index contributed by atoms with van der Waals surface area (Å²) in [5.41, 5.74) is 8.28. The summed E-state index contributed by atoms with van der Waals surface area (Å²) in [4.78, 5) is 22.3. The minimum Gasteiger partial charge on any atom is -0.493 e. The molecule has 1 N–H and O–H groups in total. The van der Waals surface area contributed by atoms with Gasteiger partial charge in [-0.1, -0.05) is 12.1 Å². The van der Waals surface area contributed by atoms with Crippen molar-refractivity contribution in [2.45, 2.75) is 32.4 Å². The molecule has 0 saturated heterocycles. The van der Waals surface area contributed by atoms with Crippen LogP contribution in [0, 0.1) is 5.92 Å². The molecular formula is C29H27N5O3S. The number of benzene rings is 2. The molecule has 6 rings (SSSR count). The van der Waals surface area contributed by atoms with Crippen LogP contribution in [0.15, 0.2) is 76.8 Å². The molecule has 2 aliphatic rings. The summed E-state index contributed by atoms with van der Waals surface area (Å²) < 4.78 is 13.5. The van der Waals surface area contributed by atoms with Gasteiger partial charge in [0, 0.05) is 24.3 Å². The molecule has 4 aromatic rings. The number of aliphatic imine (C=N–C) groups is 1. The number of amides is 1. The number of hydrogen-bond donors (Lipinski definition) is 1. The maximum atomic E-state index is 13.1. The Hall–Kier alpha value is -4.24. The summed E-state index contributed by atoms with van der Waals surface area (Å²) >= 11 is 1.54. The second-order valence-corrected chi connectivity index (χ2v) is 10.0. The van der Waals surface area contributed by atoms with Crippen molar-refractivity contribution in [3.05, 3.63) is 88.6 Å². The third kappa shape index (κ3) is 5.10. The maximum Gasteiger partial charge on any atom is 0.233 e. The van der Waals surface area contributed by atoms with Crippen molar-refractivity contribution in [3.8, 4) is 11.5 Å². The summed E-state index contributed by atoms with van der Waals surface area (Å²) in [5.74, 6) is 1.04. The molecular weight excluding hydrogens is 498 g/mol. The lowest BCUT2D eigenvalue weighted by Crippen LogP contribution is -2.29. The molecule has 0 spiro atoms. The van der Waals surface area contributed by atoms with Gasteiger partial charge in [-0.05, 0) is 72.4 Å². The molecule has 2 aromatic heterocycles. The average molecular weight is 526 g/mol. The summed E-state index contributed by atoms with van der Waals surface area (Å²) in [5, 5.41) is 9.34. The van der Waals surface area contributed by atoms with E-state index in [0.717, 1.165) is 58.9 Å². The van der Waals surface area contributed by atoms with E-state index in [1.807, 2.05) is 52.7 Å². The molecule has 192 valence electrons. The monoisotopic (exact) mass is 525 g/mol. The highest BCUT2D eigenvalue weighted by Gasteiger charge is 2.31. The number of aromatic nitrogens is 3. The van der Waals surface area contributed by atoms with Crippen LogP contribution in [0.2, 0.25) is 0 Å². The fourth-order valence-electron chi connectivity index (χ4n) is 4.82. The number of methoxy groups -OCH3 is 1. The normalized spacial score (nSPS) is 16.4. The van der Waals surface area contributed by atoms with Gasteiger partial charge in [0.05, 0.1) is 41.3 Å². The third-order valence-electron chi connectivity index (χ3n) is 6.85. The van der Waals surface area contributed by atoms with Gasteiger partial charge in [0.25, 0.3) is 0 Å². The molecule has 1 aliphatic carbocycles. The number of nitrogens with one attached hydrogen (secondary N) is 1. The number of carbonyl (C=O) groups is 1. The number of thiazole rings is 1. The highest BCUT2D eigenvalue weighted by atomic mass is 32.1. The highest BCUT2D eigenvalue weighted by Crippen LogP contribution is 2.38. The zero-order valence-corrected chi connectivity index (χ0v) is 21.8. The Balaban J connectivity index is 1.24. The molecule has 0 bridgehead atoms. The van der Waals surface area contributed by atoms with Crippen LogP contribution in [-0.4, -0.2) is 33.5 Å². The van der Waals surface area contributed by atoms with Gasteiger partial charge >= 0.3 is 0 Å². The molecule has 0 saturated carbocycles. The van der Waals surface area contributed by atoms with Gasteiger partial charge in [-0.3, -0.25) is 14.5 Å². The molecule has 38 heavy (non-hydrogen) atoms. The summed E-state index contributed by atoms with van der Waals surface area (Å²) in [6.45, 7) is 1.17. The first kappa shape index (κ1) is 24.1. The smallest absolute Gasteiger partial charge is 0.233 e. The lowest BCUT2D eigenvalue weighted by Gasteiger charge is -2.22. The standard InChI is InChI=1S/C29H27N5O3S/c1-36-28-15-21(5-8-27(28)37-16-22-17-38-18-30-22)20-4-6-23-25(14-20)32-24-7-3-19(13-26(24)33-29(23)35)9-12-34-11-2-10-31-34/h2-3,5,7-8,10-11,13-15,17-18,23H,4,6,9,12,16H2,1H3,(H,33,35). The highest BCUT2D eigenvalue weighted by molar-refractivity contribution is 7.07. The molecule has 1 unspecified atom stereocenters. The summed E-state index contributed by atoms with van der Waals surface area (Å²) in [6, 6.07) is 13.9. The van der Waals surface area contributed by atoms with E-state index in [9.17, 15) is 4.79 Å². The van der Waals surface area contributed by atoms with Crippen LogP contribution in [0.25, 0.3) is 5.57 Å². The minimum atomic E-state index is -0.277. The van der Waals surface area contributed by atoms with Gasteiger partial charge < -0.3 is 14.8 Å². The van der Waals surface area contributed by atoms with E-state index in [4.69, 9.17) is 14.5 Å². The molecule has 2 aromatic carbocycles. The van der Waals surface area contributed by atoms with E-state index in [1.54, 1.807) is 30.2 Å². The Morgan fingerprint density at radius 3 is 2.95 bits per heavy atom. The van der Waals surface area contributed by atoms with E-state index in [-0.39, 0.29) is 11.8 Å². The second-order valence-electron chi connectivity index (χ2n) is 9.29. The van der Waals surface area contributed by atoms with Crippen LogP contribution in [-0.2, 0) is 24.4 Å². The predicted molar refractivity (Wildman–Crippen MR) is 148 cm³/mol. The molecule has 3 heterocycles. The molecule has 1 aliphatic heterocycles. The van der Waals surface area contributed by atoms with Gasteiger partial charge in [-0.2, -0.15) is 5.10 Å². The van der Waals surface area contributed by atoms with Crippen molar-refractivity contribution < 1.29 is 14.3 Å². The van der Waals surface area contributed by atoms with Crippen LogP contribution in [0.5, 0.6) is 11.5 Å². The number of hydrogen-bond acceptors (Lipinski definition) is 7.